The van der Waals surface area contributed by atoms with Crippen LogP contribution in [0.4, 0.5) is 11.4 Å². The molecule has 1 heterocycles. The number of anilines is 2. The van der Waals surface area contributed by atoms with Gasteiger partial charge in [-0.1, -0.05) is 79.6 Å². The molecule has 2 nitrogen and oxygen atoms in total. The minimum atomic E-state index is 0.130. The Morgan fingerprint density at radius 2 is 1.27 bits per heavy atom. The van der Waals surface area contributed by atoms with Crippen LogP contribution in [-0.2, 0) is 0 Å². The summed E-state index contributed by atoms with van der Waals surface area (Å²) in [6, 6.07) is 30.8. The molecule has 0 radical (unpaired) electrons. The molecule has 0 saturated heterocycles. The summed E-state index contributed by atoms with van der Waals surface area (Å²) >= 11 is 0. The highest BCUT2D eigenvalue weighted by atomic mass is 15.4. The molecule has 1 aliphatic heterocycles. The van der Waals surface area contributed by atoms with Crippen molar-refractivity contribution in [2.24, 2.45) is 5.92 Å². The van der Waals surface area contributed by atoms with Gasteiger partial charge in [-0.3, -0.25) is 0 Å². The lowest BCUT2D eigenvalue weighted by atomic mass is 10.0. The Hall–Kier alpha value is -3.00. The Kier molecular flexibility index (Phi) is 5.08. The quantitative estimate of drug-likeness (QED) is 0.453. The Morgan fingerprint density at radius 1 is 0.667 bits per heavy atom. The Bertz CT molecular complexity index is 1030. The third kappa shape index (κ3) is 3.21. The molecule has 0 N–H and O–H groups in total. The first-order chi connectivity index (χ1) is 14.8. The standard InChI is InChI=1S/C28H30N2/c1-21-13-9-12-20-26(21)29-22(2)27(23-14-10-11-15-23)30(25-18-7-4-8-19-25)28(29)24-16-5-3-6-17-24/h3-9,12-13,16-20,23,28H,10-11,14-15H2,1-2H3. The second-order valence-electron chi connectivity index (χ2n) is 8.60. The van der Waals surface area contributed by atoms with Gasteiger partial charge in [0, 0.05) is 28.7 Å². The van der Waals surface area contributed by atoms with Gasteiger partial charge in [-0.2, -0.15) is 0 Å². The second-order valence-corrected chi connectivity index (χ2v) is 8.60. The molecule has 1 atom stereocenters. The van der Waals surface area contributed by atoms with E-state index < -0.39 is 0 Å². The van der Waals surface area contributed by atoms with Crippen molar-refractivity contribution in [2.45, 2.75) is 45.7 Å². The van der Waals surface area contributed by atoms with Crippen LogP contribution in [-0.4, -0.2) is 0 Å². The molecule has 0 aromatic heterocycles. The predicted molar refractivity (Wildman–Crippen MR) is 126 cm³/mol. The summed E-state index contributed by atoms with van der Waals surface area (Å²) in [6.45, 7) is 4.56. The zero-order valence-electron chi connectivity index (χ0n) is 18.0. The van der Waals surface area contributed by atoms with Crippen LogP contribution in [0.15, 0.2) is 96.3 Å². The fourth-order valence-electron chi connectivity index (χ4n) is 5.36. The van der Waals surface area contributed by atoms with E-state index in [9.17, 15) is 0 Å². The SMILES string of the molecule is CC1=C(C2CCCC2)N(c2ccccc2)C(c2ccccc2)N1c1ccccc1C. The van der Waals surface area contributed by atoms with Crippen molar-refractivity contribution < 1.29 is 0 Å². The molecule has 1 saturated carbocycles. The number of nitrogens with zero attached hydrogens (tertiary/aromatic N) is 2. The summed E-state index contributed by atoms with van der Waals surface area (Å²) in [7, 11) is 0. The summed E-state index contributed by atoms with van der Waals surface area (Å²) in [5, 5.41) is 0. The summed E-state index contributed by atoms with van der Waals surface area (Å²) in [5.74, 6) is 0.630. The average molecular weight is 395 g/mol. The molecule has 0 bridgehead atoms. The van der Waals surface area contributed by atoms with Crippen LogP contribution in [0.2, 0.25) is 0 Å². The topological polar surface area (TPSA) is 6.48 Å². The lowest BCUT2D eigenvalue weighted by Crippen LogP contribution is -2.34. The van der Waals surface area contributed by atoms with Crippen LogP contribution in [0.3, 0.4) is 0 Å². The van der Waals surface area contributed by atoms with Gasteiger partial charge in [0.25, 0.3) is 0 Å². The molecular weight excluding hydrogens is 364 g/mol. The number of hydrogen-bond donors (Lipinski definition) is 0. The Balaban J connectivity index is 1.74. The monoisotopic (exact) mass is 394 g/mol. The highest BCUT2D eigenvalue weighted by Gasteiger charge is 2.42. The lowest BCUT2D eigenvalue weighted by Gasteiger charge is -2.36. The molecule has 1 aliphatic carbocycles. The van der Waals surface area contributed by atoms with Crippen LogP contribution in [0.25, 0.3) is 0 Å². The lowest BCUT2D eigenvalue weighted by molar-refractivity contribution is 0.598. The third-order valence-corrected chi connectivity index (χ3v) is 6.73. The maximum Gasteiger partial charge on any atom is 0.136 e. The number of rotatable bonds is 4. The van der Waals surface area contributed by atoms with Gasteiger partial charge in [0.1, 0.15) is 6.17 Å². The number of aryl methyl sites for hydroxylation is 1. The van der Waals surface area contributed by atoms with Gasteiger partial charge in [0.05, 0.1) is 0 Å². The molecule has 1 unspecified atom stereocenters. The van der Waals surface area contributed by atoms with E-state index in [2.05, 4.69) is 109 Å². The van der Waals surface area contributed by atoms with Crippen molar-refractivity contribution in [2.75, 3.05) is 9.80 Å². The largest absolute Gasteiger partial charge is 0.318 e. The molecule has 0 amide bonds. The maximum absolute atomic E-state index is 2.62. The minimum absolute atomic E-state index is 0.130. The van der Waals surface area contributed by atoms with Crippen molar-refractivity contribution in [1.29, 1.82) is 0 Å². The van der Waals surface area contributed by atoms with Crippen molar-refractivity contribution in [1.82, 2.24) is 0 Å². The van der Waals surface area contributed by atoms with E-state index in [1.54, 1.807) is 0 Å². The van der Waals surface area contributed by atoms with Crippen LogP contribution >= 0.6 is 0 Å². The van der Waals surface area contributed by atoms with Gasteiger partial charge >= 0.3 is 0 Å². The first-order valence-electron chi connectivity index (χ1n) is 11.2. The van der Waals surface area contributed by atoms with Crippen molar-refractivity contribution in [3.8, 4) is 0 Å². The molecule has 3 aromatic rings. The summed E-state index contributed by atoms with van der Waals surface area (Å²) in [4.78, 5) is 5.19. The Morgan fingerprint density at radius 3 is 1.93 bits per heavy atom. The van der Waals surface area contributed by atoms with Gasteiger partial charge in [-0.25, -0.2) is 0 Å². The number of benzene rings is 3. The van der Waals surface area contributed by atoms with Crippen molar-refractivity contribution >= 4 is 11.4 Å². The first-order valence-corrected chi connectivity index (χ1v) is 11.2. The molecule has 1 fully saturated rings. The van der Waals surface area contributed by atoms with Gasteiger partial charge in [-0.15, -0.1) is 0 Å². The molecule has 3 aromatic carbocycles. The number of para-hydroxylation sites is 2. The zero-order valence-corrected chi connectivity index (χ0v) is 18.0. The summed E-state index contributed by atoms with van der Waals surface area (Å²) in [6.07, 6.45) is 5.39. The molecular formula is C28H30N2. The smallest absolute Gasteiger partial charge is 0.136 e. The summed E-state index contributed by atoms with van der Waals surface area (Å²) in [5.41, 5.74) is 8.14. The highest BCUT2D eigenvalue weighted by molar-refractivity contribution is 5.70. The van der Waals surface area contributed by atoms with Gasteiger partial charge in [0.2, 0.25) is 0 Å². The van der Waals surface area contributed by atoms with E-state index in [0.717, 1.165) is 0 Å². The first kappa shape index (κ1) is 19.0. The normalized spacial score (nSPS) is 19.7. The zero-order chi connectivity index (χ0) is 20.5. The van der Waals surface area contributed by atoms with E-state index in [-0.39, 0.29) is 6.17 Å². The second kappa shape index (κ2) is 8.02. The van der Waals surface area contributed by atoms with Crippen LogP contribution in [0.5, 0.6) is 0 Å². The molecule has 152 valence electrons. The predicted octanol–water partition coefficient (Wildman–Crippen LogP) is 7.44. The van der Waals surface area contributed by atoms with Gasteiger partial charge in [-0.05, 0) is 56.0 Å². The van der Waals surface area contributed by atoms with Crippen LogP contribution < -0.4 is 9.80 Å². The third-order valence-electron chi connectivity index (χ3n) is 6.73. The van der Waals surface area contributed by atoms with Gasteiger partial charge in [0.15, 0.2) is 0 Å². The fourth-order valence-corrected chi connectivity index (χ4v) is 5.36. The Labute approximate surface area is 180 Å². The van der Waals surface area contributed by atoms with Crippen LogP contribution in [0, 0.1) is 12.8 Å². The van der Waals surface area contributed by atoms with E-state index in [1.165, 1.54) is 59.6 Å². The summed E-state index contributed by atoms with van der Waals surface area (Å²) < 4.78 is 0. The van der Waals surface area contributed by atoms with Crippen molar-refractivity contribution in [3.63, 3.8) is 0 Å². The van der Waals surface area contributed by atoms with E-state index in [0.29, 0.717) is 5.92 Å². The van der Waals surface area contributed by atoms with Crippen molar-refractivity contribution in [3.05, 3.63) is 107 Å². The highest BCUT2D eigenvalue weighted by Crippen LogP contribution is 2.50. The fraction of sp³-hybridized carbons (Fsp3) is 0.286. The minimum Gasteiger partial charge on any atom is -0.318 e. The number of hydrogen-bond acceptors (Lipinski definition) is 2. The molecule has 5 rings (SSSR count). The molecule has 0 spiro atoms. The average Bonchev–Trinajstić information content (AvgIpc) is 3.41. The van der Waals surface area contributed by atoms with E-state index >= 15 is 0 Å². The van der Waals surface area contributed by atoms with Gasteiger partial charge < -0.3 is 9.80 Å². The van der Waals surface area contributed by atoms with E-state index in [4.69, 9.17) is 0 Å². The number of allylic oxidation sites excluding steroid dienone is 2. The van der Waals surface area contributed by atoms with Crippen LogP contribution in [0.1, 0.15) is 49.9 Å². The molecule has 2 heteroatoms. The maximum atomic E-state index is 2.62. The van der Waals surface area contributed by atoms with E-state index in [1.807, 2.05) is 0 Å². The molecule has 30 heavy (non-hydrogen) atoms. The molecule has 2 aliphatic rings.